The summed E-state index contributed by atoms with van der Waals surface area (Å²) in [6.45, 7) is 16.4. The molecule has 9 fully saturated rings. The maximum atomic E-state index is 15.4. The molecule has 26 heteroatoms. The van der Waals surface area contributed by atoms with Crippen molar-refractivity contribution in [2.45, 2.75) is 268 Å². The quantitative estimate of drug-likeness (QED) is 0.0587. The minimum absolute atomic E-state index is 0.0820. The molecule has 0 aromatic heterocycles. The van der Waals surface area contributed by atoms with E-state index in [2.05, 4.69) is 54.5 Å². The zero-order valence-electron chi connectivity index (χ0n) is 50.0. The van der Waals surface area contributed by atoms with Crippen molar-refractivity contribution in [2.75, 3.05) is 26.4 Å². The van der Waals surface area contributed by atoms with E-state index in [1.807, 2.05) is 0 Å². The van der Waals surface area contributed by atoms with E-state index in [0.29, 0.717) is 25.7 Å². The van der Waals surface area contributed by atoms with Crippen LogP contribution in [-0.4, -0.2) is 252 Å². The molecule has 0 aromatic carbocycles. The van der Waals surface area contributed by atoms with Crippen molar-refractivity contribution in [3.8, 4) is 0 Å². The molecule has 10 rings (SSSR count). The molecule has 5 heterocycles. The summed E-state index contributed by atoms with van der Waals surface area (Å²) in [5.74, 6) is -1.88. The van der Waals surface area contributed by atoms with Gasteiger partial charge in [0.05, 0.1) is 44.7 Å². The van der Waals surface area contributed by atoms with Gasteiger partial charge in [0.15, 0.2) is 37.4 Å². The highest BCUT2D eigenvalue weighted by molar-refractivity contribution is 5.80. The van der Waals surface area contributed by atoms with Crippen LogP contribution >= 0.6 is 0 Å². The molecule has 10 aliphatic rings. The van der Waals surface area contributed by atoms with Crippen LogP contribution < -0.4 is 0 Å². The molecule has 4 saturated carbocycles. The Bertz CT molecular complexity index is 2410. The first-order valence-electron chi connectivity index (χ1n) is 30.4. The fraction of sp³-hybridized carbons (Fsp3) is 0.932. The fourth-order valence-electron chi connectivity index (χ4n) is 17.4. The smallest absolute Gasteiger partial charge is 0.317 e. The number of carbonyl (C=O) groups excluding carboxylic acids is 2. The van der Waals surface area contributed by atoms with Crippen molar-refractivity contribution in [3.05, 3.63) is 11.6 Å². The molecular formula is C59H94O26. The average Bonchev–Trinajstić information content (AvgIpc) is 0.680. The van der Waals surface area contributed by atoms with Gasteiger partial charge in [-0.1, -0.05) is 60.1 Å². The number of hydrogen-bond acceptors (Lipinski definition) is 26. The lowest BCUT2D eigenvalue weighted by molar-refractivity contribution is -0.369. The molecule has 85 heavy (non-hydrogen) atoms. The molecule has 0 aromatic rings. The average molecular weight is 1220 g/mol. The third-order valence-electron chi connectivity index (χ3n) is 22.6. The van der Waals surface area contributed by atoms with Gasteiger partial charge in [-0.3, -0.25) is 9.59 Å². The van der Waals surface area contributed by atoms with Crippen molar-refractivity contribution < 1.29 is 128 Å². The third kappa shape index (κ3) is 11.3. The van der Waals surface area contributed by atoms with Crippen LogP contribution in [0, 0.1) is 50.2 Å². The van der Waals surface area contributed by atoms with Crippen LogP contribution in [-0.2, 0) is 61.7 Å². The van der Waals surface area contributed by atoms with Crippen LogP contribution in [0.5, 0.6) is 0 Å². The third-order valence-corrected chi connectivity index (χ3v) is 22.6. The van der Waals surface area contributed by atoms with Crippen LogP contribution in [0.15, 0.2) is 11.6 Å². The number of aliphatic hydroxyl groups excluding tert-OH is 13. The summed E-state index contributed by atoms with van der Waals surface area (Å²) < 4.78 is 64.5. The van der Waals surface area contributed by atoms with Gasteiger partial charge in [0, 0.05) is 6.92 Å². The van der Waals surface area contributed by atoms with Crippen LogP contribution in [0.1, 0.15) is 120 Å². The molecule has 0 bridgehead atoms. The highest BCUT2D eigenvalue weighted by Crippen LogP contribution is 2.76. The summed E-state index contributed by atoms with van der Waals surface area (Å²) in [7, 11) is 0. The Hall–Kier alpha value is -2.20. The number of aliphatic hydroxyl groups is 13. The summed E-state index contributed by atoms with van der Waals surface area (Å²) in [5, 5.41) is 143. The van der Waals surface area contributed by atoms with Gasteiger partial charge in [0.1, 0.15) is 90.9 Å². The second-order valence-electron chi connectivity index (χ2n) is 28.4. The van der Waals surface area contributed by atoms with E-state index >= 15 is 4.79 Å². The molecule has 486 valence electrons. The van der Waals surface area contributed by atoms with Crippen LogP contribution in [0.2, 0.25) is 0 Å². The number of carbonyl (C=O) groups is 2. The largest absolute Gasteiger partial charge is 0.457 e. The van der Waals surface area contributed by atoms with E-state index in [1.165, 1.54) is 6.92 Å². The lowest BCUT2D eigenvalue weighted by Crippen LogP contribution is -2.68. The van der Waals surface area contributed by atoms with Gasteiger partial charge in [-0.15, -0.1) is 0 Å². The predicted molar refractivity (Wildman–Crippen MR) is 287 cm³/mol. The highest BCUT2D eigenvalue weighted by Gasteiger charge is 2.72. The maximum absolute atomic E-state index is 15.4. The first kappa shape index (κ1) is 65.7. The Labute approximate surface area is 494 Å². The SMILES string of the molecule is CC(=O)O[C@@H]1[C@@H](O)[C@H](O[C@@H]2[C@@H](O)[C@@H](O)[C@H](O[C@H]3[C@H](OC(=O)[C@]45CCC(C)(C)C[C@H]4C4=CC[C@@H]6[C@@]7(C)CC[C@H](O[C@@H]8O[C@H](CO[C@@H]9OC[C@H](O)[C@H](O)[C@H]9O)[C@@H](O)[C@H](O)[C@H]8O)C(C)(C)[C@@H]7CC[C@@]6(C)[C@]4(C)C[C@H]5O)OC[C@H](O)[C@@H]3O)O[C@H]2C)OC[C@H]1O. The first-order chi connectivity index (χ1) is 39.7. The molecule has 0 amide bonds. The zero-order chi connectivity index (χ0) is 62.0. The van der Waals surface area contributed by atoms with Crippen molar-refractivity contribution in [3.63, 3.8) is 0 Å². The molecule has 5 aliphatic carbocycles. The van der Waals surface area contributed by atoms with Gasteiger partial charge in [0.2, 0.25) is 6.29 Å². The summed E-state index contributed by atoms with van der Waals surface area (Å²) >= 11 is 0. The number of rotatable bonds is 12. The number of hydrogen-bond donors (Lipinski definition) is 13. The number of esters is 2. The summed E-state index contributed by atoms with van der Waals surface area (Å²) in [4.78, 5) is 27.1. The topological polar surface area (TPSA) is 399 Å². The van der Waals surface area contributed by atoms with Crippen molar-refractivity contribution >= 4 is 11.9 Å². The van der Waals surface area contributed by atoms with E-state index in [1.54, 1.807) is 0 Å². The van der Waals surface area contributed by atoms with E-state index in [0.717, 1.165) is 31.8 Å². The summed E-state index contributed by atoms with van der Waals surface area (Å²) in [5.41, 5.74) is -2.46. The van der Waals surface area contributed by atoms with E-state index in [4.69, 9.17) is 52.1 Å². The Morgan fingerprint density at radius 3 is 1.87 bits per heavy atom. The molecule has 0 unspecified atom stereocenters. The number of allylic oxidation sites excluding steroid dienone is 2. The van der Waals surface area contributed by atoms with E-state index in [9.17, 15) is 71.2 Å². The molecule has 0 spiro atoms. The van der Waals surface area contributed by atoms with Crippen LogP contribution in [0.3, 0.4) is 0 Å². The summed E-state index contributed by atoms with van der Waals surface area (Å²) in [6, 6.07) is 0. The summed E-state index contributed by atoms with van der Waals surface area (Å²) in [6.07, 6.45) is -28.4. The molecular weight excluding hydrogens is 1120 g/mol. The second-order valence-corrected chi connectivity index (χ2v) is 28.4. The Balaban J connectivity index is 0.843. The Morgan fingerprint density at radius 1 is 0.565 bits per heavy atom. The van der Waals surface area contributed by atoms with Crippen molar-refractivity contribution in [2.24, 2.45) is 50.2 Å². The minimum atomic E-state index is -1.91. The van der Waals surface area contributed by atoms with Crippen LogP contribution in [0.4, 0.5) is 0 Å². The van der Waals surface area contributed by atoms with Gasteiger partial charge in [-0.25, -0.2) is 0 Å². The molecule has 13 N–H and O–H groups in total. The van der Waals surface area contributed by atoms with Crippen molar-refractivity contribution in [1.82, 2.24) is 0 Å². The Kier molecular flexibility index (Phi) is 18.7. The molecule has 0 radical (unpaired) electrons. The normalized spacial score (nSPS) is 53.2. The lowest BCUT2D eigenvalue weighted by Gasteiger charge is -2.71. The fourth-order valence-corrected chi connectivity index (χ4v) is 17.4. The van der Waals surface area contributed by atoms with Crippen molar-refractivity contribution in [1.29, 1.82) is 0 Å². The zero-order valence-corrected chi connectivity index (χ0v) is 50.0. The highest BCUT2D eigenvalue weighted by atomic mass is 16.8. The van der Waals surface area contributed by atoms with Gasteiger partial charge in [-0.2, -0.15) is 0 Å². The molecule has 26 nitrogen and oxygen atoms in total. The molecule has 5 saturated heterocycles. The maximum Gasteiger partial charge on any atom is 0.317 e. The van der Waals surface area contributed by atoms with E-state index < -0.39 is 201 Å². The second kappa shape index (κ2) is 24.1. The monoisotopic (exact) mass is 1220 g/mol. The number of fused-ring (bicyclic) bond motifs is 7. The van der Waals surface area contributed by atoms with Gasteiger partial charge in [0.25, 0.3) is 0 Å². The first-order valence-corrected chi connectivity index (χ1v) is 30.4. The van der Waals surface area contributed by atoms with E-state index in [-0.39, 0.29) is 47.5 Å². The van der Waals surface area contributed by atoms with Crippen LogP contribution in [0.25, 0.3) is 0 Å². The molecule has 5 aliphatic heterocycles. The van der Waals surface area contributed by atoms with Gasteiger partial charge in [-0.05, 0) is 110 Å². The number of ether oxygens (including phenoxy) is 11. The Morgan fingerprint density at radius 2 is 1.18 bits per heavy atom. The molecule has 31 atom stereocenters. The van der Waals surface area contributed by atoms with Gasteiger partial charge >= 0.3 is 11.9 Å². The predicted octanol–water partition coefficient (Wildman–Crippen LogP) is -1.72. The van der Waals surface area contributed by atoms with Gasteiger partial charge < -0.3 is 118 Å². The minimum Gasteiger partial charge on any atom is -0.457 e. The standard InChI is InChI=1S/C59H94O26/c1-24-45(83-49-44(73)46(80-25(2)60)30(63)22-76-49)40(69)43(72)50(79-24)84-47-37(66)29(62)21-77-52(47)85-53(74)59-17-16-54(3,4)18-27(59)26-10-11-33-56(7)14-13-35(55(5,6)32(56)12-15-57(33,8)58(26,9)19-34(59)64)82-51-42(71)39(68)38(67)31(81-51)23-78-48-41(70)36(65)28(61)20-75-48/h10,24,27-52,61-73H,11-23H2,1-9H3/t24-,27-,28-,29-,30+,31+,32-,33+,34+,35-,36-,37-,38+,39-,40-,41+,42+,43+,44+,45-,46-,47+,48-,49-,50-,51-,52-,56-,57+,58+,59+/m0/s1. The lowest BCUT2D eigenvalue weighted by atomic mass is 9.33.